The van der Waals surface area contributed by atoms with Gasteiger partial charge >= 0.3 is 5.63 Å². The van der Waals surface area contributed by atoms with Crippen LogP contribution in [0.15, 0.2) is 27.6 Å². The molecule has 6 rings (SSSR count). The standard InChI is InChI=1S/C24H30O5/c1-22-9-7-15(25)11-14(22)4-5-17-16(22)8-10-23(2)19(13-3-6-18(26)28-12-13)20(27)21-24(17,23)29-21/h3,6,12,14,16-17,19-21,27H,4-5,7-11H2,1-2H3/t14-,16+,17-,19+,20+,21-,22+,23-,24-/m1/s1. The molecule has 1 N–H and O–H groups in total. The molecule has 156 valence electrons. The molecule has 4 aliphatic carbocycles. The third-order valence-corrected chi connectivity index (χ3v) is 10.0. The van der Waals surface area contributed by atoms with Crippen molar-refractivity contribution in [1.82, 2.24) is 0 Å². The van der Waals surface area contributed by atoms with Crippen molar-refractivity contribution in [3.8, 4) is 0 Å². The molecule has 5 fully saturated rings. The number of hydrogen-bond donors (Lipinski definition) is 1. The van der Waals surface area contributed by atoms with Gasteiger partial charge < -0.3 is 14.3 Å². The number of ether oxygens (including phenoxy) is 1. The first-order valence-corrected chi connectivity index (χ1v) is 11.3. The second kappa shape index (κ2) is 5.61. The molecule has 1 aromatic heterocycles. The molecule has 4 saturated carbocycles. The van der Waals surface area contributed by atoms with Crippen LogP contribution in [0.2, 0.25) is 0 Å². The molecule has 0 bridgehead atoms. The predicted octanol–water partition coefficient (Wildman–Crippen LogP) is 3.44. The van der Waals surface area contributed by atoms with Crippen LogP contribution in [0.25, 0.3) is 0 Å². The van der Waals surface area contributed by atoms with E-state index in [4.69, 9.17) is 9.15 Å². The number of hydrogen-bond acceptors (Lipinski definition) is 5. The minimum absolute atomic E-state index is 0.0648. The van der Waals surface area contributed by atoms with Gasteiger partial charge in [0.15, 0.2) is 0 Å². The van der Waals surface area contributed by atoms with Gasteiger partial charge in [-0.3, -0.25) is 4.79 Å². The lowest BCUT2D eigenvalue weighted by molar-refractivity contribution is -0.146. The lowest BCUT2D eigenvalue weighted by atomic mass is 9.44. The molecule has 1 aliphatic heterocycles. The fraction of sp³-hybridized carbons (Fsp3) is 0.750. The Labute approximate surface area is 170 Å². The molecule has 0 aromatic carbocycles. The minimum Gasteiger partial charge on any atom is -0.431 e. The molecule has 0 unspecified atom stereocenters. The van der Waals surface area contributed by atoms with Gasteiger partial charge in [0.1, 0.15) is 17.5 Å². The van der Waals surface area contributed by atoms with Crippen molar-refractivity contribution >= 4 is 5.78 Å². The second-order valence-electron chi connectivity index (χ2n) is 10.9. The number of fused-ring (bicyclic) bond motifs is 3. The Morgan fingerprint density at radius 3 is 2.66 bits per heavy atom. The van der Waals surface area contributed by atoms with Crippen LogP contribution in [-0.2, 0) is 9.53 Å². The molecule has 1 spiro atoms. The molecule has 5 aliphatic rings. The summed E-state index contributed by atoms with van der Waals surface area (Å²) >= 11 is 0. The van der Waals surface area contributed by atoms with E-state index in [1.54, 1.807) is 0 Å². The van der Waals surface area contributed by atoms with E-state index in [1.807, 2.05) is 6.07 Å². The largest absolute Gasteiger partial charge is 0.431 e. The number of epoxide rings is 1. The monoisotopic (exact) mass is 398 g/mol. The number of ketones is 1. The SMILES string of the molecule is C[C@]12CCC(=O)C[C@H]1CC[C@@H]1[C@@H]2CC[C@]2(C)[C@@H](c3ccc(=O)oc3)[C@H](O)[C@H]3O[C@]132. The van der Waals surface area contributed by atoms with E-state index < -0.39 is 6.10 Å². The van der Waals surface area contributed by atoms with Crippen LogP contribution in [-0.4, -0.2) is 28.7 Å². The van der Waals surface area contributed by atoms with Crippen molar-refractivity contribution in [2.75, 3.05) is 0 Å². The molecule has 1 aromatic rings. The molecule has 2 heterocycles. The Kier molecular flexibility index (Phi) is 3.55. The average molecular weight is 398 g/mol. The van der Waals surface area contributed by atoms with E-state index in [0.29, 0.717) is 23.5 Å². The van der Waals surface area contributed by atoms with Crippen molar-refractivity contribution in [2.24, 2.45) is 28.6 Å². The predicted molar refractivity (Wildman–Crippen MR) is 105 cm³/mol. The summed E-state index contributed by atoms with van der Waals surface area (Å²) in [5, 5.41) is 11.2. The Morgan fingerprint density at radius 2 is 1.90 bits per heavy atom. The topological polar surface area (TPSA) is 80.0 Å². The van der Waals surface area contributed by atoms with Crippen molar-refractivity contribution in [2.45, 2.75) is 82.5 Å². The summed E-state index contributed by atoms with van der Waals surface area (Å²) in [4.78, 5) is 23.6. The van der Waals surface area contributed by atoms with E-state index >= 15 is 0 Å². The highest BCUT2D eigenvalue weighted by atomic mass is 16.6. The second-order valence-corrected chi connectivity index (χ2v) is 10.9. The molecule has 0 radical (unpaired) electrons. The van der Waals surface area contributed by atoms with Crippen molar-refractivity contribution < 1.29 is 19.1 Å². The number of carbonyl (C=O) groups excluding carboxylic acids is 1. The fourth-order valence-corrected chi connectivity index (χ4v) is 8.62. The maximum absolute atomic E-state index is 12.1. The summed E-state index contributed by atoms with van der Waals surface area (Å²) in [6, 6.07) is 3.28. The van der Waals surface area contributed by atoms with Gasteiger partial charge in [-0.25, -0.2) is 4.79 Å². The van der Waals surface area contributed by atoms with Gasteiger partial charge in [-0.05, 0) is 66.9 Å². The van der Waals surface area contributed by atoms with Crippen molar-refractivity contribution in [3.05, 3.63) is 34.4 Å². The average Bonchev–Trinajstić information content (AvgIpc) is 3.40. The van der Waals surface area contributed by atoms with E-state index in [1.165, 1.54) is 12.3 Å². The van der Waals surface area contributed by atoms with Gasteiger partial charge in [-0.2, -0.15) is 0 Å². The summed E-state index contributed by atoms with van der Waals surface area (Å²) in [6.07, 6.45) is 7.64. The highest BCUT2D eigenvalue weighted by Gasteiger charge is 2.83. The minimum atomic E-state index is -0.565. The Balaban J connectivity index is 1.39. The molecule has 9 atom stereocenters. The summed E-state index contributed by atoms with van der Waals surface area (Å²) < 4.78 is 11.6. The Hall–Kier alpha value is -1.46. The third-order valence-electron chi connectivity index (χ3n) is 10.0. The number of aliphatic hydroxyl groups excluding tert-OH is 1. The number of aliphatic hydroxyl groups is 1. The maximum atomic E-state index is 12.1. The van der Waals surface area contributed by atoms with Crippen LogP contribution in [0.4, 0.5) is 0 Å². The summed E-state index contributed by atoms with van der Waals surface area (Å²) in [5.41, 5.74) is 0.337. The van der Waals surface area contributed by atoms with Gasteiger partial charge in [0.25, 0.3) is 0 Å². The first-order valence-electron chi connectivity index (χ1n) is 11.3. The Morgan fingerprint density at radius 1 is 1.07 bits per heavy atom. The number of rotatable bonds is 1. The first-order chi connectivity index (χ1) is 13.8. The van der Waals surface area contributed by atoms with Crippen LogP contribution in [0, 0.1) is 28.6 Å². The van der Waals surface area contributed by atoms with Crippen molar-refractivity contribution in [3.63, 3.8) is 0 Å². The van der Waals surface area contributed by atoms with Gasteiger partial charge in [0, 0.05) is 30.2 Å². The van der Waals surface area contributed by atoms with Crippen LogP contribution in [0.3, 0.4) is 0 Å². The van der Waals surface area contributed by atoms with Crippen molar-refractivity contribution in [1.29, 1.82) is 0 Å². The van der Waals surface area contributed by atoms with E-state index in [-0.39, 0.29) is 34.1 Å². The fourth-order valence-electron chi connectivity index (χ4n) is 8.62. The summed E-state index contributed by atoms with van der Waals surface area (Å²) in [5.74, 6) is 1.88. The number of carbonyl (C=O) groups is 1. The van der Waals surface area contributed by atoms with Gasteiger partial charge in [-0.15, -0.1) is 0 Å². The van der Waals surface area contributed by atoms with Gasteiger partial charge in [-0.1, -0.05) is 13.8 Å². The Bertz CT molecular complexity index is 917. The van der Waals surface area contributed by atoms with Crippen LogP contribution < -0.4 is 5.63 Å². The van der Waals surface area contributed by atoms with E-state index in [0.717, 1.165) is 50.5 Å². The molecule has 0 amide bonds. The van der Waals surface area contributed by atoms with E-state index in [2.05, 4.69) is 13.8 Å². The molecular formula is C24H30O5. The molecule has 1 saturated heterocycles. The summed E-state index contributed by atoms with van der Waals surface area (Å²) in [7, 11) is 0. The maximum Gasteiger partial charge on any atom is 0.335 e. The first kappa shape index (κ1) is 18.3. The molecule has 5 nitrogen and oxygen atoms in total. The zero-order valence-corrected chi connectivity index (χ0v) is 17.2. The van der Waals surface area contributed by atoms with Gasteiger partial charge in [0.05, 0.1) is 12.4 Å². The highest BCUT2D eigenvalue weighted by Crippen LogP contribution is 2.77. The van der Waals surface area contributed by atoms with Crippen LogP contribution in [0.5, 0.6) is 0 Å². The normalized spacial score (nSPS) is 52.9. The van der Waals surface area contributed by atoms with Gasteiger partial charge in [0.2, 0.25) is 0 Å². The molecule has 29 heavy (non-hydrogen) atoms. The van der Waals surface area contributed by atoms with Crippen LogP contribution in [0.1, 0.15) is 70.3 Å². The quantitative estimate of drug-likeness (QED) is 0.733. The zero-order valence-electron chi connectivity index (χ0n) is 17.2. The lowest BCUT2D eigenvalue weighted by Gasteiger charge is -2.60. The molecular weight excluding hydrogens is 368 g/mol. The molecule has 5 heteroatoms. The van der Waals surface area contributed by atoms with E-state index in [9.17, 15) is 14.7 Å². The number of Topliss-reactive ketones (excluding diaryl/α,β-unsaturated/α-hetero) is 1. The third kappa shape index (κ3) is 2.09. The smallest absolute Gasteiger partial charge is 0.335 e. The zero-order chi connectivity index (χ0) is 20.2. The van der Waals surface area contributed by atoms with Crippen LogP contribution >= 0.6 is 0 Å². The highest BCUT2D eigenvalue weighted by molar-refractivity contribution is 5.79. The lowest BCUT2D eigenvalue weighted by Crippen LogP contribution is -2.58. The summed E-state index contributed by atoms with van der Waals surface area (Å²) in [6.45, 7) is 4.71.